The summed E-state index contributed by atoms with van der Waals surface area (Å²) < 4.78 is 0. The Morgan fingerprint density at radius 1 is 1.50 bits per heavy atom. The van der Waals surface area contributed by atoms with E-state index >= 15 is 0 Å². The molecule has 2 rings (SSSR count). The van der Waals surface area contributed by atoms with Crippen molar-refractivity contribution in [2.24, 2.45) is 0 Å². The summed E-state index contributed by atoms with van der Waals surface area (Å²) >= 11 is 5.97. The fourth-order valence-electron chi connectivity index (χ4n) is 1.43. The van der Waals surface area contributed by atoms with E-state index in [1.807, 2.05) is 6.92 Å². The first-order valence-electron chi connectivity index (χ1n) is 5.38. The van der Waals surface area contributed by atoms with Gasteiger partial charge in [-0.25, -0.2) is 0 Å². The highest BCUT2D eigenvalue weighted by atomic mass is 35.5. The van der Waals surface area contributed by atoms with Crippen molar-refractivity contribution in [2.45, 2.75) is 19.9 Å². The van der Waals surface area contributed by atoms with Crippen molar-refractivity contribution in [1.29, 1.82) is 0 Å². The van der Waals surface area contributed by atoms with E-state index in [1.54, 1.807) is 25.1 Å². The van der Waals surface area contributed by atoms with Crippen LogP contribution in [-0.4, -0.2) is 26.5 Å². The SMILES string of the molecule is Cc1ccc(C(=O)NC(C)c2nn[nH]n2)cc1Cl. The molecule has 0 spiro atoms. The van der Waals surface area contributed by atoms with Crippen LogP contribution in [0.15, 0.2) is 18.2 Å². The van der Waals surface area contributed by atoms with Crippen molar-refractivity contribution in [3.05, 3.63) is 40.2 Å². The van der Waals surface area contributed by atoms with Gasteiger partial charge in [0.15, 0.2) is 5.82 Å². The van der Waals surface area contributed by atoms with Gasteiger partial charge in [0, 0.05) is 10.6 Å². The second kappa shape index (κ2) is 5.14. The van der Waals surface area contributed by atoms with Crippen molar-refractivity contribution in [2.75, 3.05) is 0 Å². The van der Waals surface area contributed by atoms with E-state index in [2.05, 4.69) is 25.9 Å². The molecular formula is C11H12ClN5O. The normalized spacial score (nSPS) is 12.2. The molecule has 0 radical (unpaired) electrons. The second-order valence-corrected chi connectivity index (χ2v) is 4.34. The fraction of sp³-hybridized carbons (Fsp3) is 0.273. The Morgan fingerprint density at radius 2 is 2.28 bits per heavy atom. The lowest BCUT2D eigenvalue weighted by Crippen LogP contribution is -2.27. The van der Waals surface area contributed by atoms with Gasteiger partial charge in [0.05, 0.1) is 6.04 Å². The summed E-state index contributed by atoms with van der Waals surface area (Å²) in [7, 11) is 0. The number of aryl methyl sites for hydroxylation is 1. The number of tetrazole rings is 1. The third-order valence-corrected chi connectivity index (χ3v) is 2.94. The number of H-pyrrole nitrogens is 1. The molecule has 1 unspecified atom stereocenters. The molecule has 1 amide bonds. The van der Waals surface area contributed by atoms with Gasteiger partial charge in [0.25, 0.3) is 5.91 Å². The zero-order valence-electron chi connectivity index (χ0n) is 9.94. The number of aromatic amines is 1. The number of hydrogen-bond donors (Lipinski definition) is 2. The largest absolute Gasteiger partial charge is 0.342 e. The molecule has 1 heterocycles. The van der Waals surface area contributed by atoms with E-state index < -0.39 is 0 Å². The molecule has 2 N–H and O–H groups in total. The van der Waals surface area contributed by atoms with Gasteiger partial charge in [-0.1, -0.05) is 22.9 Å². The number of rotatable bonds is 3. The summed E-state index contributed by atoms with van der Waals surface area (Å²) in [6.07, 6.45) is 0. The number of benzene rings is 1. The molecule has 1 aromatic carbocycles. The molecule has 0 saturated heterocycles. The maximum absolute atomic E-state index is 12.0. The predicted octanol–water partition coefficient (Wildman–Crippen LogP) is 1.65. The summed E-state index contributed by atoms with van der Waals surface area (Å²) in [5.41, 5.74) is 1.43. The Hall–Kier alpha value is -1.95. The molecule has 2 aromatic rings. The van der Waals surface area contributed by atoms with Crippen LogP contribution in [0.1, 0.15) is 34.7 Å². The lowest BCUT2D eigenvalue weighted by Gasteiger charge is -2.10. The van der Waals surface area contributed by atoms with Crippen LogP contribution in [0.4, 0.5) is 0 Å². The molecule has 1 atom stereocenters. The Balaban J connectivity index is 2.10. The van der Waals surface area contributed by atoms with Gasteiger partial charge < -0.3 is 5.32 Å². The first kappa shape index (κ1) is 12.5. The average molecular weight is 266 g/mol. The summed E-state index contributed by atoms with van der Waals surface area (Å²) in [4.78, 5) is 12.0. The third-order valence-electron chi connectivity index (χ3n) is 2.53. The van der Waals surface area contributed by atoms with Crippen LogP contribution in [0, 0.1) is 6.92 Å². The van der Waals surface area contributed by atoms with Crippen molar-refractivity contribution in [3.8, 4) is 0 Å². The summed E-state index contributed by atoms with van der Waals surface area (Å²) in [6, 6.07) is 4.83. The zero-order valence-corrected chi connectivity index (χ0v) is 10.7. The summed E-state index contributed by atoms with van der Waals surface area (Å²) in [5.74, 6) is 0.204. The van der Waals surface area contributed by atoms with Crippen LogP contribution >= 0.6 is 11.6 Å². The predicted molar refractivity (Wildman–Crippen MR) is 66.2 cm³/mol. The molecule has 0 fully saturated rings. The van der Waals surface area contributed by atoms with E-state index in [0.717, 1.165) is 5.56 Å². The number of aromatic nitrogens is 4. The van der Waals surface area contributed by atoms with Crippen LogP contribution in [-0.2, 0) is 0 Å². The second-order valence-electron chi connectivity index (χ2n) is 3.93. The number of amides is 1. The minimum atomic E-state index is -0.323. The maximum atomic E-state index is 12.0. The highest BCUT2D eigenvalue weighted by Crippen LogP contribution is 2.17. The zero-order chi connectivity index (χ0) is 13.1. The number of carbonyl (C=O) groups excluding carboxylic acids is 1. The smallest absolute Gasteiger partial charge is 0.251 e. The van der Waals surface area contributed by atoms with Gasteiger partial charge in [-0.05, 0) is 31.5 Å². The standard InChI is InChI=1S/C11H12ClN5O/c1-6-3-4-8(5-9(6)12)11(18)13-7(2)10-14-16-17-15-10/h3-5,7H,1-2H3,(H,13,18)(H,14,15,16,17). The number of nitrogens with zero attached hydrogens (tertiary/aromatic N) is 3. The number of nitrogens with one attached hydrogen (secondary N) is 2. The van der Waals surface area contributed by atoms with Gasteiger partial charge in [-0.3, -0.25) is 4.79 Å². The number of halogens is 1. The monoisotopic (exact) mass is 265 g/mol. The van der Waals surface area contributed by atoms with E-state index in [-0.39, 0.29) is 11.9 Å². The molecule has 1 aromatic heterocycles. The molecule has 0 aliphatic heterocycles. The first-order chi connectivity index (χ1) is 8.58. The van der Waals surface area contributed by atoms with E-state index in [4.69, 9.17) is 11.6 Å². The fourth-order valence-corrected chi connectivity index (χ4v) is 1.61. The molecule has 7 heteroatoms. The molecule has 0 saturated carbocycles. The van der Waals surface area contributed by atoms with Gasteiger partial charge in [-0.2, -0.15) is 5.21 Å². The lowest BCUT2D eigenvalue weighted by atomic mass is 10.1. The van der Waals surface area contributed by atoms with E-state index in [9.17, 15) is 4.79 Å². The van der Waals surface area contributed by atoms with Crippen LogP contribution in [0.5, 0.6) is 0 Å². The van der Waals surface area contributed by atoms with Crippen molar-refractivity contribution in [3.63, 3.8) is 0 Å². The quantitative estimate of drug-likeness (QED) is 0.884. The van der Waals surface area contributed by atoms with Crippen LogP contribution in [0.25, 0.3) is 0 Å². The van der Waals surface area contributed by atoms with Crippen molar-refractivity contribution >= 4 is 17.5 Å². The van der Waals surface area contributed by atoms with E-state index in [1.165, 1.54) is 0 Å². The molecule has 0 aliphatic carbocycles. The Labute approximate surface area is 109 Å². The maximum Gasteiger partial charge on any atom is 0.251 e. The molecule has 6 nitrogen and oxygen atoms in total. The molecule has 0 aliphatic rings. The lowest BCUT2D eigenvalue weighted by molar-refractivity contribution is 0.0938. The van der Waals surface area contributed by atoms with Crippen molar-refractivity contribution < 1.29 is 4.79 Å². The molecule has 94 valence electrons. The number of hydrogen-bond acceptors (Lipinski definition) is 4. The number of carbonyl (C=O) groups is 1. The van der Waals surface area contributed by atoms with Crippen LogP contribution < -0.4 is 5.32 Å². The first-order valence-corrected chi connectivity index (χ1v) is 5.76. The highest BCUT2D eigenvalue weighted by Gasteiger charge is 2.15. The summed E-state index contributed by atoms with van der Waals surface area (Å²) in [5, 5.41) is 16.7. The van der Waals surface area contributed by atoms with E-state index in [0.29, 0.717) is 16.4 Å². The van der Waals surface area contributed by atoms with Gasteiger partial charge >= 0.3 is 0 Å². The Kier molecular flexibility index (Phi) is 3.57. The van der Waals surface area contributed by atoms with Crippen molar-refractivity contribution in [1.82, 2.24) is 25.9 Å². The van der Waals surface area contributed by atoms with Gasteiger partial charge in [0.2, 0.25) is 0 Å². The average Bonchev–Trinajstić information content (AvgIpc) is 2.86. The molecule has 0 bridgehead atoms. The minimum Gasteiger partial charge on any atom is -0.342 e. The van der Waals surface area contributed by atoms with Gasteiger partial charge in [0.1, 0.15) is 0 Å². The third kappa shape index (κ3) is 2.65. The summed E-state index contributed by atoms with van der Waals surface area (Å²) in [6.45, 7) is 3.66. The molecule has 18 heavy (non-hydrogen) atoms. The van der Waals surface area contributed by atoms with Gasteiger partial charge in [-0.15, -0.1) is 10.2 Å². The minimum absolute atomic E-state index is 0.228. The Bertz CT molecular complexity index is 555. The highest BCUT2D eigenvalue weighted by molar-refractivity contribution is 6.31. The molecular weight excluding hydrogens is 254 g/mol. The van der Waals surface area contributed by atoms with Crippen LogP contribution in [0.2, 0.25) is 5.02 Å². The van der Waals surface area contributed by atoms with Crippen LogP contribution in [0.3, 0.4) is 0 Å². The topological polar surface area (TPSA) is 83.6 Å². The Morgan fingerprint density at radius 3 is 2.89 bits per heavy atom.